The van der Waals surface area contributed by atoms with Crippen LogP contribution in [0.1, 0.15) is 103 Å². The average Bonchev–Trinajstić information content (AvgIpc) is 3.31. The van der Waals surface area contributed by atoms with Crippen molar-refractivity contribution in [2.45, 2.75) is 110 Å². The zero-order valence-electron chi connectivity index (χ0n) is 25.4. The highest BCUT2D eigenvalue weighted by Crippen LogP contribution is 2.63. The van der Waals surface area contributed by atoms with Gasteiger partial charge in [-0.3, -0.25) is 9.59 Å². The van der Waals surface area contributed by atoms with Gasteiger partial charge in [-0.1, -0.05) is 13.3 Å². The summed E-state index contributed by atoms with van der Waals surface area (Å²) < 4.78 is 13.7. The van der Waals surface area contributed by atoms with Crippen molar-refractivity contribution in [3.63, 3.8) is 0 Å². The van der Waals surface area contributed by atoms with Gasteiger partial charge in [0.1, 0.15) is 0 Å². The summed E-state index contributed by atoms with van der Waals surface area (Å²) in [6.45, 7) is 11.1. The number of hydrogen-bond donors (Lipinski definition) is 1. The monoisotopic (exact) mass is 547 g/mol. The lowest BCUT2D eigenvalue weighted by Gasteiger charge is -2.59. The first kappa shape index (κ1) is 27.4. The number of hydrogen-bond acceptors (Lipinski definition) is 5. The molecule has 1 unspecified atom stereocenters. The molecule has 7 nitrogen and oxygen atoms in total. The number of rotatable bonds is 6. The topological polar surface area (TPSA) is 74.9 Å². The fourth-order valence-corrected chi connectivity index (χ4v) is 8.30. The maximum atomic E-state index is 14.0. The molecule has 2 aliphatic heterocycles. The number of fused-ring (bicyclic) bond motifs is 5. The quantitative estimate of drug-likeness (QED) is 0.510. The zero-order chi connectivity index (χ0) is 28.6. The molecule has 216 valence electrons. The third-order valence-electron chi connectivity index (χ3n) is 11.1. The van der Waals surface area contributed by atoms with Gasteiger partial charge < -0.3 is 24.3 Å². The summed E-state index contributed by atoms with van der Waals surface area (Å²) in [7, 11) is 4.44. The molecule has 1 N–H and O–H groups in total. The number of aryl methyl sites for hydroxylation is 2. The molecule has 0 radical (unpaired) electrons. The molecule has 0 spiro atoms. The number of nitrogens with zero attached hydrogens (tertiary/aromatic N) is 2. The molecule has 1 aromatic carbocycles. The van der Waals surface area contributed by atoms with E-state index < -0.39 is 5.79 Å². The third kappa shape index (κ3) is 3.87. The molecular weight excluding hydrogens is 502 g/mol. The van der Waals surface area contributed by atoms with Crippen LogP contribution in [0, 0.1) is 26.2 Å². The number of aromatic nitrogens is 1. The largest absolute Gasteiger partial charge is 0.448 e. The molecule has 3 heterocycles. The van der Waals surface area contributed by atoms with Crippen molar-refractivity contribution in [2.24, 2.45) is 5.41 Å². The molecule has 5 aliphatic rings. The maximum absolute atomic E-state index is 14.0. The summed E-state index contributed by atoms with van der Waals surface area (Å²) in [5, 5.41) is 0. The van der Waals surface area contributed by atoms with Crippen molar-refractivity contribution in [1.82, 2.24) is 14.8 Å². The Labute approximate surface area is 238 Å². The Morgan fingerprint density at radius 3 is 2.20 bits per heavy atom. The standard InChI is InChI=1S/C33H45N3O4/c1-8-9-23-18-20(2)34-29(37)25(23)19-36-17-10-24-21(3)27-28(22(4)26(24)30(36)38)40-31(5,39-27)32-11-14-33(15-12-32,16-13-32)35(6)7/h18H,8-17,19H2,1-7H3,(H,34,37). The van der Waals surface area contributed by atoms with Gasteiger partial charge in [-0.2, -0.15) is 0 Å². The van der Waals surface area contributed by atoms with Gasteiger partial charge in [0, 0.05) is 46.8 Å². The van der Waals surface area contributed by atoms with E-state index in [1.807, 2.05) is 18.7 Å². The number of benzene rings is 1. The van der Waals surface area contributed by atoms with Crippen molar-refractivity contribution < 1.29 is 14.3 Å². The molecular formula is C33H45N3O4. The van der Waals surface area contributed by atoms with Crippen LogP contribution in [0.2, 0.25) is 0 Å². The fourth-order valence-electron chi connectivity index (χ4n) is 8.30. The average molecular weight is 548 g/mol. The van der Waals surface area contributed by atoms with E-state index in [1.165, 1.54) is 19.3 Å². The van der Waals surface area contributed by atoms with Gasteiger partial charge in [-0.15, -0.1) is 0 Å². The second kappa shape index (κ2) is 9.37. The van der Waals surface area contributed by atoms with E-state index in [2.05, 4.69) is 50.8 Å². The van der Waals surface area contributed by atoms with Crippen molar-refractivity contribution in [1.29, 1.82) is 0 Å². The highest BCUT2D eigenvalue weighted by molar-refractivity contribution is 6.00. The Morgan fingerprint density at radius 2 is 1.60 bits per heavy atom. The summed E-state index contributed by atoms with van der Waals surface area (Å²) in [6.07, 6.45) is 9.28. The van der Waals surface area contributed by atoms with E-state index >= 15 is 0 Å². The van der Waals surface area contributed by atoms with Crippen molar-refractivity contribution in [3.8, 4) is 11.5 Å². The van der Waals surface area contributed by atoms with Crippen LogP contribution in [0.3, 0.4) is 0 Å². The molecule has 7 rings (SSSR count). The van der Waals surface area contributed by atoms with Crippen LogP contribution in [0.15, 0.2) is 10.9 Å². The second-order valence-corrected chi connectivity index (χ2v) is 13.3. The van der Waals surface area contributed by atoms with Gasteiger partial charge in [0.25, 0.3) is 17.3 Å². The first-order valence-corrected chi connectivity index (χ1v) is 15.2. The number of ether oxygens (including phenoxy) is 2. The Bertz CT molecular complexity index is 1420. The molecule has 1 atom stereocenters. The van der Waals surface area contributed by atoms with Crippen LogP contribution in [0.25, 0.3) is 0 Å². The summed E-state index contributed by atoms with van der Waals surface area (Å²) in [5.74, 6) is 0.803. The lowest BCUT2D eigenvalue weighted by molar-refractivity contribution is -0.212. The van der Waals surface area contributed by atoms with E-state index in [4.69, 9.17) is 9.47 Å². The molecule has 1 aromatic heterocycles. The number of carbonyl (C=O) groups is 1. The summed E-state index contributed by atoms with van der Waals surface area (Å²) in [4.78, 5) is 34.2. The normalized spacial score (nSPS) is 28.9. The minimum absolute atomic E-state index is 0.0199. The van der Waals surface area contributed by atoms with Crippen LogP contribution >= 0.6 is 0 Å². The third-order valence-corrected chi connectivity index (χ3v) is 11.1. The second-order valence-electron chi connectivity index (χ2n) is 13.3. The number of nitrogens with one attached hydrogen (secondary N) is 1. The molecule has 0 saturated heterocycles. The molecule has 1 amide bonds. The smallest absolute Gasteiger partial charge is 0.254 e. The number of carbonyl (C=O) groups excluding carboxylic acids is 1. The minimum atomic E-state index is -0.735. The van der Waals surface area contributed by atoms with E-state index in [9.17, 15) is 9.59 Å². The van der Waals surface area contributed by atoms with Crippen LogP contribution in [0.5, 0.6) is 11.5 Å². The van der Waals surface area contributed by atoms with Crippen molar-refractivity contribution in [2.75, 3.05) is 20.6 Å². The van der Waals surface area contributed by atoms with Gasteiger partial charge in [-0.25, -0.2) is 0 Å². The van der Waals surface area contributed by atoms with E-state index in [0.717, 1.165) is 83.5 Å². The Morgan fingerprint density at radius 1 is 0.975 bits per heavy atom. The predicted octanol–water partition coefficient (Wildman–Crippen LogP) is 5.59. The predicted molar refractivity (Wildman–Crippen MR) is 156 cm³/mol. The lowest BCUT2D eigenvalue weighted by atomic mass is 9.54. The maximum Gasteiger partial charge on any atom is 0.254 e. The van der Waals surface area contributed by atoms with Gasteiger partial charge in [-0.05, 0) is 109 Å². The zero-order valence-corrected chi connectivity index (χ0v) is 25.4. The molecule has 3 fully saturated rings. The van der Waals surface area contributed by atoms with Crippen LogP contribution in [0.4, 0.5) is 0 Å². The summed E-state index contributed by atoms with van der Waals surface area (Å²) >= 11 is 0. The van der Waals surface area contributed by atoms with Crippen molar-refractivity contribution >= 4 is 5.91 Å². The minimum Gasteiger partial charge on any atom is -0.448 e. The Kier molecular flexibility index (Phi) is 6.41. The van der Waals surface area contributed by atoms with Crippen LogP contribution < -0.4 is 15.0 Å². The number of amides is 1. The van der Waals surface area contributed by atoms with Gasteiger partial charge in [0.15, 0.2) is 11.5 Å². The van der Waals surface area contributed by atoms with Crippen LogP contribution in [-0.4, -0.2) is 52.7 Å². The number of aromatic amines is 1. The molecule has 7 heteroatoms. The number of pyridine rings is 1. The highest BCUT2D eigenvalue weighted by Gasteiger charge is 2.62. The van der Waals surface area contributed by atoms with Crippen molar-refractivity contribution in [3.05, 3.63) is 55.5 Å². The SMILES string of the molecule is CCCc1cc(C)[nH]c(=O)c1CN1CCc2c(C)c3c(c(C)c2C1=O)OC(C)(C12CCC(N(C)C)(CC1)CC2)O3. The van der Waals surface area contributed by atoms with Gasteiger partial charge in [0.2, 0.25) is 0 Å². The molecule has 3 aliphatic carbocycles. The van der Waals surface area contributed by atoms with Crippen LogP contribution in [-0.2, 0) is 19.4 Å². The van der Waals surface area contributed by atoms with E-state index in [1.54, 1.807) is 0 Å². The summed E-state index contributed by atoms with van der Waals surface area (Å²) in [6, 6.07) is 2.05. The molecule has 2 aromatic rings. The van der Waals surface area contributed by atoms with E-state index in [-0.39, 0.29) is 16.9 Å². The van der Waals surface area contributed by atoms with E-state index in [0.29, 0.717) is 24.2 Å². The van der Waals surface area contributed by atoms with Gasteiger partial charge >= 0.3 is 0 Å². The summed E-state index contributed by atoms with van der Waals surface area (Å²) in [5.41, 5.74) is 6.47. The molecule has 3 saturated carbocycles. The van der Waals surface area contributed by atoms with Gasteiger partial charge in [0.05, 0.1) is 6.54 Å². The molecule has 2 bridgehead atoms. The number of H-pyrrole nitrogens is 1. The fraction of sp³-hybridized carbons (Fsp3) is 0.636. The first-order valence-electron chi connectivity index (χ1n) is 15.2. The lowest BCUT2D eigenvalue weighted by Crippen LogP contribution is -2.62. The highest BCUT2D eigenvalue weighted by atomic mass is 16.7. The first-order chi connectivity index (χ1) is 18.9. The molecule has 40 heavy (non-hydrogen) atoms. The Balaban J connectivity index is 1.31. The Hall–Kier alpha value is -2.80.